The molecule has 1 saturated heterocycles. The second-order valence-corrected chi connectivity index (χ2v) is 6.12. The molecule has 0 atom stereocenters. The first kappa shape index (κ1) is 14.9. The van der Waals surface area contributed by atoms with Gasteiger partial charge in [-0.15, -0.1) is 11.3 Å². The lowest BCUT2D eigenvalue weighted by Crippen LogP contribution is -2.24. The highest BCUT2D eigenvalue weighted by Crippen LogP contribution is 2.33. The lowest BCUT2D eigenvalue weighted by Gasteiger charge is -2.14. The van der Waals surface area contributed by atoms with Gasteiger partial charge in [-0.1, -0.05) is 0 Å². The summed E-state index contributed by atoms with van der Waals surface area (Å²) in [6.45, 7) is 3.23. The van der Waals surface area contributed by atoms with Gasteiger partial charge in [0.1, 0.15) is 6.61 Å². The van der Waals surface area contributed by atoms with Crippen LogP contribution in [0.1, 0.15) is 22.6 Å². The van der Waals surface area contributed by atoms with Crippen molar-refractivity contribution >= 4 is 17.4 Å². The standard InChI is InChI=1S/C15H14F2N2O2S/c1-9-11(8-19-4-5-21-15(19)20)6-10(7-18-9)12-2-3-13(22-12)14(16)17/h2-3,6-7,14H,4-5,8H2,1H3. The van der Waals surface area contributed by atoms with Crippen LogP contribution in [0.5, 0.6) is 0 Å². The van der Waals surface area contributed by atoms with E-state index >= 15 is 0 Å². The van der Waals surface area contributed by atoms with Crippen molar-refractivity contribution in [2.45, 2.75) is 19.9 Å². The number of pyridine rings is 1. The van der Waals surface area contributed by atoms with E-state index in [0.29, 0.717) is 19.7 Å². The van der Waals surface area contributed by atoms with Gasteiger partial charge in [-0.05, 0) is 30.7 Å². The number of hydrogen-bond donors (Lipinski definition) is 0. The van der Waals surface area contributed by atoms with Crippen molar-refractivity contribution in [3.8, 4) is 10.4 Å². The summed E-state index contributed by atoms with van der Waals surface area (Å²) >= 11 is 1.06. The maximum Gasteiger partial charge on any atom is 0.410 e. The molecule has 116 valence electrons. The van der Waals surface area contributed by atoms with Gasteiger partial charge >= 0.3 is 6.09 Å². The van der Waals surface area contributed by atoms with Crippen molar-refractivity contribution in [1.82, 2.24) is 9.88 Å². The zero-order chi connectivity index (χ0) is 15.7. The Kier molecular flexibility index (Phi) is 4.06. The summed E-state index contributed by atoms with van der Waals surface area (Å²) in [5.74, 6) is 0. The maximum atomic E-state index is 12.7. The van der Waals surface area contributed by atoms with Gasteiger partial charge in [-0.3, -0.25) is 4.98 Å². The van der Waals surface area contributed by atoms with Crippen LogP contribution in [0.2, 0.25) is 0 Å². The molecule has 1 aliphatic heterocycles. The van der Waals surface area contributed by atoms with Gasteiger partial charge in [0.15, 0.2) is 0 Å². The predicted octanol–water partition coefficient (Wildman–Crippen LogP) is 4.01. The van der Waals surface area contributed by atoms with Crippen molar-refractivity contribution in [3.05, 3.63) is 40.5 Å². The van der Waals surface area contributed by atoms with Crippen molar-refractivity contribution < 1.29 is 18.3 Å². The zero-order valence-corrected chi connectivity index (χ0v) is 12.7. The third-order valence-electron chi connectivity index (χ3n) is 3.52. The number of hydrogen-bond acceptors (Lipinski definition) is 4. The van der Waals surface area contributed by atoms with Gasteiger partial charge in [-0.2, -0.15) is 0 Å². The van der Waals surface area contributed by atoms with Gasteiger partial charge < -0.3 is 9.64 Å². The van der Waals surface area contributed by atoms with Crippen LogP contribution in [0.25, 0.3) is 10.4 Å². The van der Waals surface area contributed by atoms with Gasteiger partial charge in [0.2, 0.25) is 0 Å². The number of nitrogens with zero attached hydrogens (tertiary/aromatic N) is 2. The first-order valence-electron chi connectivity index (χ1n) is 6.80. The van der Waals surface area contributed by atoms with Crippen LogP contribution < -0.4 is 0 Å². The van der Waals surface area contributed by atoms with Crippen molar-refractivity contribution in [3.63, 3.8) is 0 Å². The number of rotatable bonds is 4. The molecule has 2 aromatic heterocycles. The molecule has 0 spiro atoms. The molecule has 3 rings (SSSR count). The summed E-state index contributed by atoms with van der Waals surface area (Å²) in [6.07, 6.45) is -1.13. The van der Waals surface area contributed by atoms with Gasteiger partial charge in [0.25, 0.3) is 6.43 Å². The molecule has 0 unspecified atom stereocenters. The quantitative estimate of drug-likeness (QED) is 0.853. The molecule has 1 amide bonds. The molecule has 0 N–H and O–H groups in total. The van der Waals surface area contributed by atoms with E-state index in [4.69, 9.17) is 4.74 Å². The number of aryl methyl sites for hydroxylation is 1. The SMILES string of the molecule is Cc1ncc(-c2ccc(C(F)F)s2)cc1CN1CCOC1=O. The van der Waals surface area contributed by atoms with E-state index in [9.17, 15) is 13.6 Å². The minimum atomic E-state index is -2.46. The Hall–Kier alpha value is -2.02. The Labute approximate surface area is 130 Å². The number of alkyl halides is 2. The Balaban J connectivity index is 1.86. The zero-order valence-electron chi connectivity index (χ0n) is 11.9. The molecule has 0 saturated carbocycles. The number of carbonyl (C=O) groups excluding carboxylic acids is 1. The number of cyclic esters (lactones) is 1. The van der Waals surface area contributed by atoms with Gasteiger partial charge in [-0.25, -0.2) is 13.6 Å². The highest BCUT2D eigenvalue weighted by Gasteiger charge is 2.23. The van der Waals surface area contributed by atoms with E-state index in [1.54, 1.807) is 17.2 Å². The van der Waals surface area contributed by atoms with Gasteiger partial charge in [0, 0.05) is 22.3 Å². The Bertz CT molecular complexity index is 703. The van der Waals surface area contributed by atoms with Gasteiger partial charge in [0.05, 0.1) is 18.0 Å². The van der Waals surface area contributed by atoms with Crippen LogP contribution in [0.15, 0.2) is 24.4 Å². The minimum absolute atomic E-state index is 0.0419. The highest BCUT2D eigenvalue weighted by molar-refractivity contribution is 7.15. The number of aromatic nitrogens is 1. The third-order valence-corrected chi connectivity index (χ3v) is 4.67. The predicted molar refractivity (Wildman–Crippen MR) is 79.0 cm³/mol. The summed E-state index contributed by atoms with van der Waals surface area (Å²) in [5.41, 5.74) is 2.49. The topological polar surface area (TPSA) is 42.4 Å². The molecule has 0 aromatic carbocycles. The van der Waals surface area contributed by atoms with Crippen molar-refractivity contribution in [1.29, 1.82) is 0 Å². The summed E-state index contributed by atoms with van der Waals surface area (Å²) in [4.78, 5) is 18.2. The molecule has 0 bridgehead atoms. The first-order valence-corrected chi connectivity index (χ1v) is 7.61. The molecule has 3 heterocycles. The lowest BCUT2D eigenvalue weighted by atomic mass is 10.1. The smallest absolute Gasteiger partial charge is 0.410 e. The molecule has 7 heteroatoms. The van der Waals surface area contributed by atoms with E-state index < -0.39 is 6.43 Å². The number of carbonyl (C=O) groups is 1. The number of halogens is 2. The summed E-state index contributed by atoms with van der Waals surface area (Å²) in [5, 5.41) is 0. The molecular formula is C15H14F2N2O2S. The summed E-state index contributed by atoms with van der Waals surface area (Å²) < 4.78 is 30.3. The molecular weight excluding hydrogens is 310 g/mol. The Morgan fingerprint density at radius 1 is 1.45 bits per heavy atom. The molecule has 0 aliphatic carbocycles. The number of thiophene rings is 1. The maximum absolute atomic E-state index is 12.7. The molecule has 4 nitrogen and oxygen atoms in total. The fourth-order valence-electron chi connectivity index (χ4n) is 2.27. The van der Waals surface area contributed by atoms with E-state index in [0.717, 1.165) is 33.0 Å². The van der Waals surface area contributed by atoms with Crippen LogP contribution >= 0.6 is 11.3 Å². The highest BCUT2D eigenvalue weighted by atomic mass is 32.1. The van der Waals surface area contributed by atoms with Crippen LogP contribution in [0.3, 0.4) is 0 Å². The van der Waals surface area contributed by atoms with E-state index in [2.05, 4.69) is 4.98 Å². The average Bonchev–Trinajstić information content (AvgIpc) is 3.11. The molecule has 1 aliphatic rings. The van der Waals surface area contributed by atoms with E-state index in [-0.39, 0.29) is 11.0 Å². The van der Waals surface area contributed by atoms with E-state index in [1.165, 1.54) is 6.07 Å². The lowest BCUT2D eigenvalue weighted by molar-refractivity contribution is 0.155. The van der Waals surface area contributed by atoms with Crippen LogP contribution in [-0.4, -0.2) is 29.1 Å². The van der Waals surface area contributed by atoms with Crippen LogP contribution in [0, 0.1) is 6.92 Å². The molecule has 1 fully saturated rings. The second kappa shape index (κ2) is 6.00. The van der Waals surface area contributed by atoms with Crippen LogP contribution in [0.4, 0.5) is 13.6 Å². The minimum Gasteiger partial charge on any atom is -0.448 e. The Morgan fingerprint density at radius 3 is 2.91 bits per heavy atom. The number of ether oxygens (including phenoxy) is 1. The Morgan fingerprint density at radius 2 is 2.27 bits per heavy atom. The molecule has 22 heavy (non-hydrogen) atoms. The first-order chi connectivity index (χ1) is 10.5. The summed E-state index contributed by atoms with van der Waals surface area (Å²) in [6, 6.07) is 5.00. The van der Waals surface area contributed by atoms with Crippen molar-refractivity contribution in [2.75, 3.05) is 13.2 Å². The second-order valence-electron chi connectivity index (χ2n) is 5.01. The molecule has 2 aromatic rings. The van der Waals surface area contributed by atoms with Crippen LogP contribution in [-0.2, 0) is 11.3 Å². The fourth-order valence-corrected chi connectivity index (χ4v) is 3.12. The third kappa shape index (κ3) is 2.94. The normalized spacial score (nSPS) is 14.7. The van der Waals surface area contributed by atoms with E-state index in [1.807, 2.05) is 13.0 Å². The monoisotopic (exact) mass is 324 g/mol. The molecule has 0 radical (unpaired) electrons. The number of amides is 1. The van der Waals surface area contributed by atoms with Crippen molar-refractivity contribution in [2.24, 2.45) is 0 Å². The largest absolute Gasteiger partial charge is 0.448 e. The fraction of sp³-hybridized carbons (Fsp3) is 0.333. The summed E-state index contributed by atoms with van der Waals surface area (Å²) in [7, 11) is 0. The average molecular weight is 324 g/mol.